The van der Waals surface area contributed by atoms with Crippen molar-refractivity contribution in [3.8, 4) is 5.75 Å². The summed E-state index contributed by atoms with van der Waals surface area (Å²) in [5, 5.41) is 0. The molecule has 2 nitrogen and oxygen atoms in total. The first kappa shape index (κ1) is 11.4. The molecule has 0 bridgehead atoms. The smallest absolute Gasteiger partial charge is 0.142 e. The van der Waals surface area contributed by atoms with E-state index in [0.717, 1.165) is 21.5 Å². The van der Waals surface area contributed by atoms with Gasteiger partial charge >= 0.3 is 0 Å². The first-order chi connectivity index (χ1) is 6.52. The Balaban J connectivity index is 2.83. The number of rotatable bonds is 3. The highest BCUT2D eigenvalue weighted by molar-refractivity contribution is 9.10. The van der Waals surface area contributed by atoms with Gasteiger partial charge in [0, 0.05) is 4.47 Å². The number of nitrogens with two attached hydrogens (primary N) is 1. The van der Waals surface area contributed by atoms with E-state index in [1.54, 1.807) is 0 Å². The second-order valence-corrected chi connectivity index (χ2v) is 4.64. The lowest BCUT2D eigenvalue weighted by molar-refractivity contribution is 0.272. The molecule has 2 N–H and O–H groups in total. The van der Waals surface area contributed by atoms with E-state index in [9.17, 15) is 0 Å². The molecule has 0 aliphatic carbocycles. The monoisotopic (exact) mass is 257 g/mol. The van der Waals surface area contributed by atoms with Gasteiger partial charge in [-0.05, 0) is 30.5 Å². The Hall–Kier alpha value is -0.700. The van der Waals surface area contributed by atoms with E-state index in [1.807, 2.05) is 19.1 Å². The summed E-state index contributed by atoms with van der Waals surface area (Å²) in [4.78, 5) is 0. The van der Waals surface area contributed by atoms with E-state index in [0.29, 0.717) is 12.5 Å². The summed E-state index contributed by atoms with van der Waals surface area (Å²) in [5.74, 6) is 1.29. The van der Waals surface area contributed by atoms with Crippen LogP contribution in [-0.2, 0) is 0 Å². The van der Waals surface area contributed by atoms with Crippen molar-refractivity contribution >= 4 is 21.6 Å². The van der Waals surface area contributed by atoms with E-state index in [4.69, 9.17) is 10.5 Å². The van der Waals surface area contributed by atoms with Crippen LogP contribution in [0.15, 0.2) is 16.6 Å². The molecule has 0 fully saturated rings. The number of ether oxygens (including phenoxy) is 1. The molecule has 0 heterocycles. The molecule has 3 heteroatoms. The van der Waals surface area contributed by atoms with Gasteiger partial charge in [0.05, 0.1) is 12.3 Å². The maximum absolute atomic E-state index is 5.91. The SMILES string of the molecule is Cc1c(Br)ccc(OCC(C)C)c1N. The lowest BCUT2D eigenvalue weighted by Gasteiger charge is -2.13. The highest BCUT2D eigenvalue weighted by Gasteiger charge is 2.06. The van der Waals surface area contributed by atoms with Crippen molar-refractivity contribution in [3.05, 3.63) is 22.2 Å². The van der Waals surface area contributed by atoms with Crippen molar-refractivity contribution < 1.29 is 4.74 Å². The fourth-order valence-corrected chi connectivity index (χ4v) is 1.41. The maximum atomic E-state index is 5.91. The second kappa shape index (κ2) is 4.69. The van der Waals surface area contributed by atoms with Crippen molar-refractivity contribution in [2.45, 2.75) is 20.8 Å². The van der Waals surface area contributed by atoms with Crippen LogP contribution in [0, 0.1) is 12.8 Å². The summed E-state index contributed by atoms with van der Waals surface area (Å²) in [6.45, 7) is 6.90. The molecule has 1 rings (SSSR count). The molecule has 0 saturated heterocycles. The summed E-state index contributed by atoms with van der Waals surface area (Å²) in [6, 6.07) is 3.86. The largest absolute Gasteiger partial charge is 0.491 e. The molecule has 0 aromatic heterocycles. The molecule has 0 aliphatic heterocycles. The number of benzene rings is 1. The van der Waals surface area contributed by atoms with E-state index in [1.165, 1.54) is 0 Å². The summed E-state index contributed by atoms with van der Waals surface area (Å²) in [7, 11) is 0. The topological polar surface area (TPSA) is 35.2 Å². The highest BCUT2D eigenvalue weighted by atomic mass is 79.9. The van der Waals surface area contributed by atoms with E-state index in [-0.39, 0.29) is 0 Å². The molecule has 0 radical (unpaired) electrons. The van der Waals surface area contributed by atoms with Crippen molar-refractivity contribution in [3.63, 3.8) is 0 Å². The third kappa shape index (κ3) is 2.64. The molecule has 0 spiro atoms. The van der Waals surface area contributed by atoms with Crippen molar-refractivity contribution in [1.82, 2.24) is 0 Å². The standard InChI is InChI=1S/C11H16BrNO/c1-7(2)6-14-10-5-4-9(12)8(3)11(10)13/h4-5,7H,6,13H2,1-3H3. The predicted molar refractivity (Wildman–Crippen MR) is 63.6 cm³/mol. The predicted octanol–water partition coefficient (Wildman–Crippen LogP) is 3.37. The molecular weight excluding hydrogens is 242 g/mol. The number of halogens is 1. The normalized spacial score (nSPS) is 10.6. The molecule has 0 amide bonds. The Bertz CT molecular complexity index is 323. The van der Waals surface area contributed by atoms with Crippen LogP contribution < -0.4 is 10.5 Å². The van der Waals surface area contributed by atoms with Crippen LogP contribution in [0.5, 0.6) is 5.75 Å². The zero-order valence-corrected chi connectivity index (χ0v) is 10.4. The molecule has 0 atom stereocenters. The van der Waals surface area contributed by atoms with Crippen LogP contribution in [0.3, 0.4) is 0 Å². The van der Waals surface area contributed by atoms with Gasteiger partial charge in [0.25, 0.3) is 0 Å². The molecule has 0 aliphatic rings. The van der Waals surface area contributed by atoms with Gasteiger partial charge in [0.15, 0.2) is 0 Å². The number of anilines is 1. The minimum atomic E-state index is 0.512. The van der Waals surface area contributed by atoms with Gasteiger partial charge < -0.3 is 10.5 Å². The minimum absolute atomic E-state index is 0.512. The summed E-state index contributed by atoms with van der Waals surface area (Å²) >= 11 is 3.42. The molecular formula is C11H16BrNO. The van der Waals surface area contributed by atoms with Crippen LogP contribution in [0.25, 0.3) is 0 Å². The van der Waals surface area contributed by atoms with Gasteiger partial charge in [0.1, 0.15) is 5.75 Å². The van der Waals surface area contributed by atoms with Crippen LogP contribution in [0.1, 0.15) is 19.4 Å². The average Bonchev–Trinajstić information content (AvgIpc) is 2.13. The van der Waals surface area contributed by atoms with Crippen LogP contribution in [0.4, 0.5) is 5.69 Å². The van der Waals surface area contributed by atoms with E-state index < -0.39 is 0 Å². The quantitative estimate of drug-likeness (QED) is 0.843. The first-order valence-corrected chi connectivity index (χ1v) is 5.49. The molecule has 0 unspecified atom stereocenters. The average molecular weight is 258 g/mol. The van der Waals surface area contributed by atoms with Crippen molar-refractivity contribution in [2.24, 2.45) is 5.92 Å². The lowest BCUT2D eigenvalue weighted by Crippen LogP contribution is -2.06. The maximum Gasteiger partial charge on any atom is 0.142 e. The van der Waals surface area contributed by atoms with Crippen LogP contribution in [-0.4, -0.2) is 6.61 Å². The van der Waals surface area contributed by atoms with Gasteiger partial charge in [-0.3, -0.25) is 0 Å². The summed E-state index contributed by atoms with van der Waals surface area (Å²) < 4.78 is 6.61. The lowest BCUT2D eigenvalue weighted by atomic mass is 10.2. The Labute approximate surface area is 93.6 Å². The highest BCUT2D eigenvalue weighted by Crippen LogP contribution is 2.30. The first-order valence-electron chi connectivity index (χ1n) is 4.69. The number of hydrogen-bond donors (Lipinski definition) is 1. The fraction of sp³-hybridized carbons (Fsp3) is 0.455. The molecule has 14 heavy (non-hydrogen) atoms. The zero-order valence-electron chi connectivity index (χ0n) is 8.80. The van der Waals surface area contributed by atoms with Gasteiger partial charge in [-0.2, -0.15) is 0 Å². The second-order valence-electron chi connectivity index (χ2n) is 3.79. The Morgan fingerprint density at radius 3 is 2.64 bits per heavy atom. The third-order valence-corrected chi connectivity index (χ3v) is 2.84. The minimum Gasteiger partial charge on any atom is -0.491 e. The molecule has 1 aromatic rings. The van der Waals surface area contributed by atoms with Crippen molar-refractivity contribution in [1.29, 1.82) is 0 Å². The van der Waals surface area contributed by atoms with Gasteiger partial charge in [-0.25, -0.2) is 0 Å². The molecule has 1 aromatic carbocycles. The molecule has 78 valence electrons. The zero-order chi connectivity index (χ0) is 10.7. The summed E-state index contributed by atoms with van der Waals surface area (Å²) in [6.07, 6.45) is 0. The van der Waals surface area contributed by atoms with E-state index in [2.05, 4.69) is 29.8 Å². The summed E-state index contributed by atoms with van der Waals surface area (Å²) in [5.41, 5.74) is 7.67. The fourth-order valence-electron chi connectivity index (χ4n) is 1.06. The Morgan fingerprint density at radius 2 is 2.07 bits per heavy atom. The third-order valence-electron chi connectivity index (χ3n) is 1.98. The number of nitrogen functional groups attached to an aromatic ring is 1. The van der Waals surface area contributed by atoms with Crippen LogP contribution >= 0.6 is 15.9 Å². The van der Waals surface area contributed by atoms with E-state index >= 15 is 0 Å². The van der Waals surface area contributed by atoms with Gasteiger partial charge in [-0.1, -0.05) is 29.8 Å². The Morgan fingerprint density at radius 1 is 1.43 bits per heavy atom. The van der Waals surface area contributed by atoms with Crippen LogP contribution in [0.2, 0.25) is 0 Å². The van der Waals surface area contributed by atoms with Gasteiger partial charge in [0.2, 0.25) is 0 Å². The van der Waals surface area contributed by atoms with Gasteiger partial charge in [-0.15, -0.1) is 0 Å². The molecule has 0 saturated carbocycles. The number of hydrogen-bond acceptors (Lipinski definition) is 2. The Kier molecular flexibility index (Phi) is 3.81. The van der Waals surface area contributed by atoms with Crippen molar-refractivity contribution in [2.75, 3.05) is 12.3 Å².